The van der Waals surface area contributed by atoms with Gasteiger partial charge >= 0.3 is 29.3 Å². The summed E-state index contributed by atoms with van der Waals surface area (Å²) in [6, 6.07) is 0. The number of H-pyrrole nitrogens is 2. The van der Waals surface area contributed by atoms with Gasteiger partial charge in [-0.2, -0.15) is 0 Å². The van der Waals surface area contributed by atoms with E-state index in [1.54, 1.807) is 14.1 Å². The molecule has 242 valence electrons. The monoisotopic (exact) mass is 628 g/mol. The van der Waals surface area contributed by atoms with Crippen LogP contribution >= 0.6 is 0 Å². The first-order valence-corrected chi connectivity index (χ1v) is 12.1. The molecule has 0 aliphatic heterocycles. The van der Waals surface area contributed by atoms with Gasteiger partial charge in [0.05, 0.1) is 19.1 Å². The minimum Gasteiger partial charge on any atom is -0.481 e. The van der Waals surface area contributed by atoms with Crippen LogP contribution in [-0.4, -0.2) is 106 Å². The molecule has 0 fully saturated rings. The lowest BCUT2D eigenvalue weighted by Gasteiger charge is -2.23. The van der Waals surface area contributed by atoms with Gasteiger partial charge in [-0.1, -0.05) is 0 Å². The second kappa shape index (κ2) is 15.1. The van der Waals surface area contributed by atoms with Crippen molar-refractivity contribution in [3.63, 3.8) is 0 Å². The van der Waals surface area contributed by atoms with Crippen molar-refractivity contribution in [3.8, 4) is 0 Å². The number of carboxylic acid groups (broad SMARTS) is 3. The first kappa shape index (κ1) is 36.6. The molecule has 0 amide bonds. The molecule has 0 saturated heterocycles. The van der Waals surface area contributed by atoms with Crippen molar-refractivity contribution in [1.82, 2.24) is 38.2 Å². The van der Waals surface area contributed by atoms with E-state index in [-0.39, 0.29) is 22.5 Å². The Morgan fingerprint density at radius 3 is 1.43 bits per heavy atom. The average Bonchev–Trinajstić information content (AvgIpc) is 3.67. The van der Waals surface area contributed by atoms with Crippen molar-refractivity contribution < 1.29 is 39.9 Å². The molecule has 2 atom stereocenters. The number of carbonyl (C=O) groups is 3. The minimum absolute atomic E-state index is 0.351. The van der Waals surface area contributed by atoms with Gasteiger partial charge in [0, 0.05) is 41.3 Å². The number of aromatic amines is 2. The van der Waals surface area contributed by atoms with E-state index in [0.29, 0.717) is 35.4 Å². The Labute approximate surface area is 244 Å². The molecule has 0 radical (unpaired) electrons. The van der Waals surface area contributed by atoms with E-state index in [2.05, 4.69) is 19.9 Å². The lowest BCUT2D eigenvalue weighted by atomic mass is 9.93. The second-order valence-electron chi connectivity index (χ2n) is 8.73. The number of aliphatic hydroxyl groups excluding tert-OH is 1. The summed E-state index contributed by atoms with van der Waals surface area (Å²) in [4.78, 5) is 89.4. The standard InChI is InChI=1S/2C7H8N4O2.C6H8O8.C2H8N2/c2*1-10-5-4(8-3-9-5)6(12)11(2)7(10)13;7-2(8)1-6(14,5(12)13)3(9)4(10)11;3-1-2-4/h2*3H,1-2H3,(H,8,9);3,9,14H,1H2,(H,7,8)(H,10,11)(H,12,13);1-4H2. The summed E-state index contributed by atoms with van der Waals surface area (Å²) in [7, 11) is 6.02. The van der Waals surface area contributed by atoms with Crippen molar-refractivity contribution in [2.75, 3.05) is 13.1 Å². The normalized spacial score (nSPS) is 12.5. The lowest BCUT2D eigenvalue weighted by Crippen LogP contribution is -2.54. The summed E-state index contributed by atoms with van der Waals surface area (Å²) < 4.78 is 4.74. The number of nitrogens with one attached hydrogen (secondary N) is 2. The summed E-state index contributed by atoms with van der Waals surface area (Å²) in [5, 5.41) is 42.6. The molecule has 0 aliphatic carbocycles. The number of hydrogen-bond acceptors (Lipinski definition) is 13. The SMILES string of the molecule is Cn1c(=O)c2[nH]cnc2n(C)c1=O.Cn1c(=O)c2[nH]cnc2n(C)c1=O.NCCN.O=C(O)CC(O)(C(=O)O)C(O)C(=O)O. The van der Waals surface area contributed by atoms with Gasteiger partial charge in [-0.15, -0.1) is 0 Å². The molecule has 22 heteroatoms. The van der Waals surface area contributed by atoms with Crippen molar-refractivity contribution in [3.05, 3.63) is 54.3 Å². The Morgan fingerprint density at radius 1 is 0.795 bits per heavy atom. The van der Waals surface area contributed by atoms with Crippen molar-refractivity contribution in [1.29, 1.82) is 0 Å². The van der Waals surface area contributed by atoms with Crippen LogP contribution in [0, 0.1) is 0 Å². The molecule has 0 aromatic carbocycles. The van der Waals surface area contributed by atoms with E-state index in [9.17, 15) is 33.6 Å². The van der Waals surface area contributed by atoms with E-state index in [1.165, 1.54) is 35.9 Å². The number of aryl methyl sites for hydroxylation is 2. The maximum absolute atomic E-state index is 11.4. The molecule has 4 heterocycles. The van der Waals surface area contributed by atoms with Gasteiger partial charge in [-0.3, -0.25) is 32.7 Å². The van der Waals surface area contributed by atoms with Gasteiger partial charge in [0.15, 0.2) is 17.4 Å². The molecular weight excluding hydrogens is 596 g/mol. The van der Waals surface area contributed by atoms with Crippen LogP contribution in [0.1, 0.15) is 6.42 Å². The molecule has 11 N–H and O–H groups in total. The van der Waals surface area contributed by atoms with Crippen LogP contribution in [0.15, 0.2) is 31.8 Å². The summed E-state index contributed by atoms with van der Waals surface area (Å²) in [6.45, 7) is 1.19. The molecule has 0 spiro atoms. The summed E-state index contributed by atoms with van der Waals surface area (Å²) in [6.07, 6.45) is -1.32. The highest BCUT2D eigenvalue weighted by molar-refractivity contribution is 5.90. The van der Waals surface area contributed by atoms with Crippen LogP contribution in [0.25, 0.3) is 22.3 Å². The molecule has 4 aromatic rings. The Hall–Kier alpha value is -5.45. The predicted octanol–water partition coefficient (Wildman–Crippen LogP) is -5.45. The molecule has 0 bridgehead atoms. The largest absolute Gasteiger partial charge is 0.481 e. The van der Waals surface area contributed by atoms with Crippen LogP contribution in [0.5, 0.6) is 0 Å². The van der Waals surface area contributed by atoms with Crippen molar-refractivity contribution in [2.24, 2.45) is 39.7 Å². The fourth-order valence-corrected chi connectivity index (χ4v) is 3.26. The molecule has 0 aliphatic rings. The topological polar surface area (TPSA) is 350 Å². The highest BCUT2D eigenvalue weighted by Crippen LogP contribution is 2.16. The third-order valence-electron chi connectivity index (χ3n) is 5.70. The van der Waals surface area contributed by atoms with E-state index in [4.69, 9.17) is 37.0 Å². The molecule has 4 rings (SSSR count). The Morgan fingerprint density at radius 2 is 1.16 bits per heavy atom. The summed E-state index contributed by atoms with van der Waals surface area (Å²) in [5.74, 6) is -5.87. The van der Waals surface area contributed by atoms with Crippen LogP contribution < -0.4 is 34.0 Å². The van der Waals surface area contributed by atoms with E-state index in [0.717, 1.165) is 9.13 Å². The van der Waals surface area contributed by atoms with Crippen LogP contribution in [0.3, 0.4) is 0 Å². The smallest absolute Gasteiger partial charge is 0.339 e. The maximum atomic E-state index is 11.4. The second-order valence-corrected chi connectivity index (χ2v) is 8.73. The third-order valence-corrected chi connectivity index (χ3v) is 5.70. The molecule has 2 unspecified atom stereocenters. The van der Waals surface area contributed by atoms with Gasteiger partial charge in [0.25, 0.3) is 11.1 Å². The number of aliphatic carboxylic acids is 3. The zero-order valence-electron chi connectivity index (χ0n) is 23.8. The quantitative estimate of drug-likeness (QED) is 0.0961. The van der Waals surface area contributed by atoms with Gasteiger partial charge < -0.3 is 47.0 Å². The molecule has 44 heavy (non-hydrogen) atoms. The average molecular weight is 629 g/mol. The molecular formula is C22H32N10O12. The van der Waals surface area contributed by atoms with Gasteiger partial charge in [0.1, 0.15) is 11.0 Å². The number of aliphatic hydroxyl groups is 2. The van der Waals surface area contributed by atoms with Crippen LogP contribution in [0.4, 0.5) is 0 Å². The highest BCUT2D eigenvalue weighted by Gasteiger charge is 2.49. The van der Waals surface area contributed by atoms with Crippen LogP contribution in [0.2, 0.25) is 0 Å². The first-order valence-electron chi connectivity index (χ1n) is 12.1. The van der Waals surface area contributed by atoms with Crippen LogP contribution in [-0.2, 0) is 42.6 Å². The summed E-state index contributed by atoms with van der Waals surface area (Å²) in [5.41, 5.74) is 6.60. The van der Waals surface area contributed by atoms with Crippen molar-refractivity contribution >= 4 is 40.2 Å². The van der Waals surface area contributed by atoms with Gasteiger partial charge in [0.2, 0.25) is 5.60 Å². The number of carboxylic acids is 3. The number of nitrogens with zero attached hydrogens (tertiary/aromatic N) is 6. The maximum Gasteiger partial charge on any atom is 0.339 e. The fraction of sp³-hybridized carbons (Fsp3) is 0.409. The summed E-state index contributed by atoms with van der Waals surface area (Å²) >= 11 is 0. The Bertz CT molecular complexity index is 1770. The zero-order chi connectivity index (χ0) is 34.1. The predicted molar refractivity (Wildman–Crippen MR) is 150 cm³/mol. The highest BCUT2D eigenvalue weighted by atomic mass is 16.4. The number of imidazole rings is 2. The Balaban J connectivity index is 0.000000311. The molecule has 22 nitrogen and oxygen atoms in total. The third kappa shape index (κ3) is 7.88. The number of nitrogens with two attached hydrogens (primary N) is 2. The Kier molecular flexibility index (Phi) is 12.6. The lowest BCUT2D eigenvalue weighted by molar-refractivity contribution is -0.187. The number of fused-ring (bicyclic) bond motifs is 2. The number of aromatic nitrogens is 8. The van der Waals surface area contributed by atoms with E-state index in [1.807, 2.05) is 0 Å². The fourth-order valence-electron chi connectivity index (χ4n) is 3.26. The zero-order valence-corrected chi connectivity index (χ0v) is 23.8. The number of rotatable bonds is 6. The number of hydrogen-bond donors (Lipinski definition) is 9. The van der Waals surface area contributed by atoms with Crippen molar-refractivity contribution in [2.45, 2.75) is 18.1 Å². The first-order chi connectivity index (χ1) is 20.4. The van der Waals surface area contributed by atoms with E-state index < -0.39 is 36.0 Å². The molecule has 0 saturated carbocycles. The van der Waals surface area contributed by atoms with E-state index >= 15 is 0 Å². The minimum atomic E-state index is -3.22. The van der Waals surface area contributed by atoms with Gasteiger partial charge in [-0.05, 0) is 0 Å². The van der Waals surface area contributed by atoms with Gasteiger partial charge in [-0.25, -0.2) is 29.1 Å². The molecule has 4 aromatic heterocycles.